The highest BCUT2D eigenvalue weighted by Gasteiger charge is 2.11. The van der Waals surface area contributed by atoms with Crippen LogP contribution in [-0.4, -0.2) is 37.6 Å². The van der Waals surface area contributed by atoms with Crippen LogP contribution >= 0.6 is 0 Å². The number of hydrogen-bond acceptors (Lipinski definition) is 2. The first-order chi connectivity index (χ1) is 7.09. The van der Waals surface area contributed by atoms with Crippen molar-refractivity contribution >= 4 is 0 Å². The van der Waals surface area contributed by atoms with E-state index < -0.39 is 0 Å². The fourth-order valence-electron chi connectivity index (χ4n) is 1.59. The van der Waals surface area contributed by atoms with Crippen LogP contribution in [0, 0.1) is 5.92 Å². The van der Waals surface area contributed by atoms with Crippen LogP contribution in [0.15, 0.2) is 0 Å². The van der Waals surface area contributed by atoms with Crippen molar-refractivity contribution in [3.05, 3.63) is 0 Å². The minimum absolute atomic E-state index is 0.683. The van der Waals surface area contributed by atoms with Crippen molar-refractivity contribution in [2.24, 2.45) is 5.92 Å². The van der Waals surface area contributed by atoms with E-state index in [4.69, 9.17) is 0 Å². The zero-order chi connectivity index (χ0) is 11.7. The summed E-state index contributed by atoms with van der Waals surface area (Å²) in [5.41, 5.74) is 0. The lowest BCUT2D eigenvalue weighted by atomic mass is 10.1. The third-order valence-electron chi connectivity index (χ3n) is 3.26. The monoisotopic (exact) mass is 214 g/mol. The molecule has 0 fully saturated rings. The van der Waals surface area contributed by atoms with E-state index in [1.807, 2.05) is 0 Å². The molecule has 1 unspecified atom stereocenters. The molecule has 0 aliphatic rings. The van der Waals surface area contributed by atoms with E-state index in [0.717, 1.165) is 19.0 Å². The van der Waals surface area contributed by atoms with Crippen molar-refractivity contribution in [2.75, 3.05) is 26.7 Å². The second kappa shape index (κ2) is 9.17. The van der Waals surface area contributed by atoms with Crippen molar-refractivity contribution in [1.82, 2.24) is 10.2 Å². The van der Waals surface area contributed by atoms with E-state index >= 15 is 0 Å². The summed E-state index contributed by atoms with van der Waals surface area (Å²) in [5, 5.41) is 3.50. The van der Waals surface area contributed by atoms with Crippen LogP contribution in [-0.2, 0) is 0 Å². The zero-order valence-electron chi connectivity index (χ0n) is 11.3. The van der Waals surface area contributed by atoms with Gasteiger partial charge in [0.2, 0.25) is 0 Å². The Labute approximate surface area is 96.4 Å². The molecule has 0 rings (SSSR count). The van der Waals surface area contributed by atoms with Crippen LogP contribution in [0.5, 0.6) is 0 Å². The Balaban J connectivity index is 3.34. The summed E-state index contributed by atoms with van der Waals surface area (Å²) in [6.45, 7) is 12.6. The van der Waals surface area contributed by atoms with Crippen molar-refractivity contribution in [2.45, 2.75) is 53.0 Å². The second-order valence-electron chi connectivity index (χ2n) is 4.92. The third-order valence-corrected chi connectivity index (χ3v) is 3.26. The molecule has 0 radical (unpaired) electrons. The summed E-state index contributed by atoms with van der Waals surface area (Å²) in [4.78, 5) is 2.44. The minimum Gasteiger partial charge on any atom is -0.315 e. The fourth-order valence-corrected chi connectivity index (χ4v) is 1.59. The summed E-state index contributed by atoms with van der Waals surface area (Å²) in [6, 6.07) is 0.683. The van der Waals surface area contributed by atoms with Gasteiger partial charge < -0.3 is 10.2 Å². The van der Waals surface area contributed by atoms with E-state index in [9.17, 15) is 0 Å². The van der Waals surface area contributed by atoms with Crippen LogP contribution in [0.2, 0.25) is 0 Å². The molecule has 92 valence electrons. The lowest BCUT2D eigenvalue weighted by Crippen LogP contribution is -2.38. The minimum atomic E-state index is 0.683. The summed E-state index contributed by atoms with van der Waals surface area (Å²) >= 11 is 0. The molecule has 0 spiro atoms. The van der Waals surface area contributed by atoms with Gasteiger partial charge in [-0.15, -0.1) is 0 Å². The molecule has 1 N–H and O–H groups in total. The first kappa shape index (κ1) is 14.9. The predicted octanol–water partition coefficient (Wildman–Crippen LogP) is 2.74. The molecule has 0 aromatic carbocycles. The maximum atomic E-state index is 3.50. The highest BCUT2D eigenvalue weighted by molar-refractivity contribution is 4.67. The van der Waals surface area contributed by atoms with Crippen molar-refractivity contribution in [3.63, 3.8) is 0 Å². The maximum Gasteiger partial charge on any atom is 0.0107 e. The summed E-state index contributed by atoms with van der Waals surface area (Å²) < 4.78 is 0. The Kier molecular flexibility index (Phi) is 9.12. The van der Waals surface area contributed by atoms with E-state index in [1.165, 1.54) is 25.8 Å². The van der Waals surface area contributed by atoms with Gasteiger partial charge in [0.05, 0.1) is 0 Å². The predicted molar refractivity (Wildman–Crippen MR) is 69.3 cm³/mol. The van der Waals surface area contributed by atoms with E-state index in [-0.39, 0.29) is 0 Å². The average molecular weight is 214 g/mol. The van der Waals surface area contributed by atoms with Gasteiger partial charge in [0.15, 0.2) is 0 Å². The fraction of sp³-hybridized carbons (Fsp3) is 1.00. The molecule has 0 aromatic rings. The maximum absolute atomic E-state index is 3.50. The van der Waals surface area contributed by atoms with Gasteiger partial charge in [-0.2, -0.15) is 0 Å². The quantitative estimate of drug-likeness (QED) is 0.594. The van der Waals surface area contributed by atoms with E-state index in [1.54, 1.807) is 0 Å². The standard InChI is InChI=1S/C13H30N2/c1-6-7-8-9-14-10-11-15(5)13(4)12(2)3/h12-14H,6-11H2,1-5H3. The van der Waals surface area contributed by atoms with Crippen molar-refractivity contribution in [3.8, 4) is 0 Å². The SMILES string of the molecule is CCCCCNCCN(C)C(C)C(C)C. The molecule has 0 saturated carbocycles. The van der Waals surface area contributed by atoms with Gasteiger partial charge in [0.1, 0.15) is 0 Å². The zero-order valence-corrected chi connectivity index (χ0v) is 11.3. The Morgan fingerprint density at radius 3 is 2.27 bits per heavy atom. The average Bonchev–Trinajstić information content (AvgIpc) is 2.21. The Morgan fingerprint density at radius 2 is 1.73 bits per heavy atom. The molecule has 0 aliphatic heterocycles. The Hall–Kier alpha value is -0.0800. The molecule has 0 saturated heterocycles. The first-order valence-electron chi connectivity index (χ1n) is 6.50. The van der Waals surface area contributed by atoms with Crippen molar-refractivity contribution in [1.29, 1.82) is 0 Å². The summed E-state index contributed by atoms with van der Waals surface area (Å²) in [7, 11) is 2.22. The highest BCUT2D eigenvalue weighted by atomic mass is 15.1. The topological polar surface area (TPSA) is 15.3 Å². The van der Waals surface area contributed by atoms with E-state index in [2.05, 4.69) is 45.0 Å². The number of nitrogens with one attached hydrogen (secondary N) is 1. The van der Waals surface area contributed by atoms with Crippen LogP contribution in [0.4, 0.5) is 0 Å². The van der Waals surface area contributed by atoms with Gasteiger partial charge in [-0.25, -0.2) is 0 Å². The van der Waals surface area contributed by atoms with Gasteiger partial charge >= 0.3 is 0 Å². The van der Waals surface area contributed by atoms with Crippen LogP contribution in [0.25, 0.3) is 0 Å². The lowest BCUT2D eigenvalue weighted by Gasteiger charge is -2.27. The van der Waals surface area contributed by atoms with E-state index in [0.29, 0.717) is 6.04 Å². The number of hydrogen-bond donors (Lipinski definition) is 1. The molecule has 0 aromatic heterocycles. The Bertz CT molecular complexity index is 134. The molecule has 0 aliphatic carbocycles. The smallest absolute Gasteiger partial charge is 0.0107 e. The van der Waals surface area contributed by atoms with Crippen LogP contribution in [0.3, 0.4) is 0 Å². The van der Waals surface area contributed by atoms with Crippen LogP contribution < -0.4 is 5.32 Å². The Morgan fingerprint density at radius 1 is 1.07 bits per heavy atom. The number of likely N-dealkylation sites (N-methyl/N-ethyl adjacent to an activating group) is 1. The molecule has 2 heteroatoms. The molecular formula is C13H30N2. The number of rotatable bonds is 9. The first-order valence-corrected chi connectivity index (χ1v) is 6.50. The molecule has 0 amide bonds. The van der Waals surface area contributed by atoms with Gasteiger partial charge in [-0.1, -0.05) is 33.6 Å². The number of unbranched alkanes of at least 4 members (excludes halogenated alkanes) is 2. The summed E-state index contributed by atoms with van der Waals surface area (Å²) in [6.07, 6.45) is 3.98. The number of nitrogens with zero attached hydrogens (tertiary/aromatic N) is 1. The largest absolute Gasteiger partial charge is 0.315 e. The van der Waals surface area contributed by atoms with Crippen molar-refractivity contribution < 1.29 is 0 Å². The van der Waals surface area contributed by atoms with Gasteiger partial charge in [-0.3, -0.25) is 0 Å². The molecular weight excluding hydrogens is 184 g/mol. The molecule has 0 heterocycles. The summed E-state index contributed by atoms with van der Waals surface area (Å²) in [5.74, 6) is 0.745. The molecule has 15 heavy (non-hydrogen) atoms. The molecule has 1 atom stereocenters. The van der Waals surface area contributed by atoms with Gasteiger partial charge in [0.25, 0.3) is 0 Å². The van der Waals surface area contributed by atoms with Crippen LogP contribution in [0.1, 0.15) is 47.0 Å². The van der Waals surface area contributed by atoms with Gasteiger partial charge in [-0.05, 0) is 32.9 Å². The highest BCUT2D eigenvalue weighted by Crippen LogP contribution is 2.06. The normalized spacial score (nSPS) is 13.8. The molecule has 0 bridgehead atoms. The lowest BCUT2D eigenvalue weighted by molar-refractivity contribution is 0.208. The van der Waals surface area contributed by atoms with Gasteiger partial charge in [0, 0.05) is 19.1 Å². The second-order valence-corrected chi connectivity index (χ2v) is 4.92. The third kappa shape index (κ3) is 7.80. The molecule has 2 nitrogen and oxygen atoms in total.